The normalized spacial score (nSPS) is 14.8. The number of hydrogen-bond donors (Lipinski definition) is 3. The number of morpholine rings is 1. The number of rotatable bonds is 5. The van der Waals surface area contributed by atoms with Gasteiger partial charge in [-0.15, -0.1) is 0 Å². The van der Waals surface area contributed by atoms with Crippen molar-refractivity contribution in [1.29, 1.82) is 0 Å². The van der Waals surface area contributed by atoms with Gasteiger partial charge in [0, 0.05) is 26.1 Å². The van der Waals surface area contributed by atoms with Gasteiger partial charge in [-0.05, 0) is 12.1 Å². The zero-order valence-corrected chi connectivity index (χ0v) is 11.5. The second kappa shape index (κ2) is 6.89. The number of nitrogens with two attached hydrogens (primary N) is 1. The molecule has 1 amide bonds. The minimum Gasteiger partial charge on any atom is -0.477 e. The van der Waals surface area contributed by atoms with Crippen molar-refractivity contribution in [2.45, 2.75) is 6.42 Å². The smallest absolute Gasteiger partial charge is 0.354 e. The van der Waals surface area contributed by atoms with E-state index in [-0.39, 0.29) is 17.4 Å². The summed E-state index contributed by atoms with van der Waals surface area (Å²) in [6.07, 6.45) is 0.290. The van der Waals surface area contributed by atoms with Gasteiger partial charge in [-0.3, -0.25) is 4.79 Å². The third kappa shape index (κ3) is 4.06. The second-order valence-corrected chi connectivity index (χ2v) is 4.61. The molecule has 1 aliphatic heterocycles. The molecule has 8 nitrogen and oxygen atoms in total. The number of carboxylic acid groups (broad SMARTS) is 1. The second-order valence-electron chi connectivity index (χ2n) is 4.61. The maximum Gasteiger partial charge on any atom is 0.354 e. The molecular formula is C13H18N4O4. The van der Waals surface area contributed by atoms with Gasteiger partial charge < -0.3 is 25.8 Å². The van der Waals surface area contributed by atoms with Crippen LogP contribution in [-0.2, 0) is 9.53 Å². The molecule has 4 N–H and O–H groups in total. The first-order valence-corrected chi connectivity index (χ1v) is 6.67. The van der Waals surface area contributed by atoms with E-state index in [9.17, 15) is 9.59 Å². The Labute approximate surface area is 121 Å². The molecule has 0 radical (unpaired) electrons. The maximum absolute atomic E-state index is 11.9. The van der Waals surface area contributed by atoms with Crippen LogP contribution < -0.4 is 11.1 Å². The Kier molecular flexibility index (Phi) is 4.94. The van der Waals surface area contributed by atoms with E-state index in [1.54, 1.807) is 4.90 Å². The molecule has 0 unspecified atom stereocenters. The van der Waals surface area contributed by atoms with Crippen LogP contribution in [-0.4, -0.2) is 59.7 Å². The third-order valence-electron chi connectivity index (χ3n) is 3.14. The van der Waals surface area contributed by atoms with Gasteiger partial charge in [0.05, 0.1) is 18.9 Å². The van der Waals surface area contributed by atoms with Crippen LogP contribution in [0.1, 0.15) is 16.9 Å². The van der Waals surface area contributed by atoms with Gasteiger partial charge in [-0.25, -0.2) is 9.78 Å². The number of amides is 1. The number of aromatic carboxylic acids is 1. The van der Waals surface area contributed by atoms with Gasteiger partial charge in [-0.2, -0.15) is 0 Å². The van der Waals surface area contributed by atoms with Gasteiger partial charge in [0.15, 0.2) is 5.69 Å². The van der Waals surface area contributed by atoms with E-state index in [2.05, 4.69) is 10.3 Å². The van der Waals surface area contributed by atoms with E-state index in [1.807, 2.05) is 0 Å². The SMILES string of the molecule is Nc1ccc(C(=O)O)nc1NCCC(=O)N1CCOCC1. The highest BCUT2D eigenvalue weighted by Gasteiger charge is 2.16. The molecule has 1 aromatic heterocycles. The molecule has 1 aliphatic rings. The number of aromatic nitrogens is 1. The predicted octanol–water partition coefficient (Wildman–Crippen LogP) is 0.0228. The zero-order valence-electron chi connectivity index (χ0n) is 11.5. The molecule has 1 saturated heterocycles. The first kappa shape index (κ1) is 15.0. The standard InChI is InChI=1S/C13H18N4O4/c14-9-1-2-10(13(19)20)16-12(9)15-4-3-11(18)17-5-7-21-8-6-17/h1-2H,3-8,14H2,(H,15,16)(H,19,20). The van der Waals surface area contributed by atoms with Crippen molar-refractivity contribution in [3.63, 3.8) is 0 Å². The Morgan fingerprint density at radius 2 is 2.10 bits per heavy atom. The summed E-state index contributed by atoms with van der Waals surface area (Å²) in [4.78, 5) is 28.4. The van der Waals surface area contributed by atoms with Crippen molar-refractivity contribution < 1.29 is 19.4 Å². The molecule has 0 aliphatic carbocycles. The Morgan fingerprint density at radius 3 is 2.76 bits per heavy atom. The highest BCUT2D eigenvalue weighted by molar-refractivity contribution is 5.86. The van der Waals surface area contributed by atoms with Crippen molar-refractivity contribution >= 4 is 23.4 Å². The number of nitrogens with zero attached hydrogens (tertiary/aromatic N) is 2. The fraction of sp³-hybridized carbons (Fsp3) is 0.462. The summed E-state index contributed by atoms with van der Waals surface area (Å²) in [5.41, 5.74) is 5.97. The highest BCUT2D eigenvalue weighted by atomic mass is 16.5. The minimum atomic E-state index is -1.12. The van der Waals surface area contributed by atoms with Gasteiger partial charge in [-0.1, -0.05) is 0 Å². The quantitative estimate of drug-likeness (QED) is 0.700. The fourth-order valence-corrected chi connectivity index (χ4v) is 1.99. The lowest BCUT2D eigenvalue weighted by Gasteiger charge is -2.26. The predicted molar refractivity (Wildman–Crippen MR) is 76.1 cm³/mol. The van der Waals surface area contributed by atoms with E-state index in [0.29, 0.717) is 45.0 Å². The van der Waals surface area contributed by atoms with Crippen molar-refractivity contribution in [3.8, 4) is 0 Å². The van der Waals surface area contributed by atoms with Crippen LogP contribution in [0.15, 0.2) is 12.1 Å². The van der Waals surface area contributed by atoms with Gasteiger partial charge in [0.25, 0.3) is 0 Å². The van der Waals surface area contributed by atoms with Crippen LogP contribution in [0.3, 0.4) is 0 Å². The molecule has 1 aromatic rings. The molecule has 0 atom stereocenters. The number of carboxylic acids is 1. The van der Waals surface area contributed by atoms with Gasteiger partial charge in [0.1, 0.15) is 5.82 Å². The topological polar surface area (TPSA) is 118 Å². The summed E-state index contributed by atoms with van der Waals surface area (Å²) in [6, 6.07) is 2.81. The average Bonchev–Trinajstić information content (AvgIpc) is 2.49. The summed E-state index contributed by atoms with van der Waals surface area (Å²) < 4.78 is 5.18. The monoisotopic (exact) mass is 294 g/mol. The van der Waals surface area contributed by atoms with Crippen LogP contribution in [0.4, 0.5) is 11.5 Å². The van der Waals surface area contributed by atoms with Gasteiger partial charge in [0.2, 0.25) is 5.91 Å². The van der Waals surface area contributed by atoms with Crippen LogP contribution >= 0.6 is 0 Å². The van der Waals surface area contributed by atoms with Gasteiger partial charge >= 0.3 is 5.97 Å². The number of nitrogens with one attached hydrogen (secondary N) is 1. The Bertz CT molecular complexity index is 529. The maximum atomic E-state index is 11.9. The first-order valence-electron chi connectivity index (χ1n) is 6.67. The van der Waals surface area contributed by atoms with Crippen molar-refractivity contribution in [3.05, 3.63) is 17.8 Å². The molecule has 1 fully saturated rings. The van der Waals surface area contributed by atoms with E-state index in [1.165, 1.54) is 12.1 Å². The van der Waals surface area contributed by atoms with E-state index < -0.39 is 5.97 Å². The van der Waals surface area contributed by atoms with Crippen molar-refractivity contribution in [2.75, 3.05) is 43.9 Å². The number of ether oxygens (including phenoxy) is 1. The van der Waals surface area contributed by atoms with Crippen molar-refractivity contribution in [1.82, 2.24) is 9.88 Å². The largest absolute Gasteiger partial charge is 0.477 e. The molecular weight excluding hydrogens is 276 g/mol. The molecule has 8 heteroatoms. The lowest BCUT2D eigenvalue weighted by atomic mass is 10.3. The Morgan fingerprint density at radius 1 is 1.38 bits per heavy atom. The van der Waals surface area contributed by atoms with E-state index in [4.69, 9.17) is 15.6 Å². The molecule has 2 rings (SSSR count). The summed E-state index contributed by atoms with van der Waals surface area (Å²) in [5.74, 6) is -0.814. The van der Waals surface area contributed by atoms with Crippen LogP contribution in [0.25, 0.3) is 0 Å². The number of carbonyl (C=O) groups excluding carboxylic acids is 1. The summed E-state index contributed by atoms with van der Waals surface area (Å²) in [6.45, 7) is 2.68. The number of nitrogen functional groups attached to an aromatic ring is 1. The highest BCUT2D eigenvalue weighted by Crippen LogP contribution is 2.15. The molecule has 0 aromatic carbocycles. The lowest BCUT2D eigenvalue weighted by Crippen LogP contribution is -2.41. The number of carbonyl (C=O) groups is 2. The van der Waals surface area contributed by atoms with Crippen LogP contribution in [0.5, 0.6) is 0 Å². The Hall–Kier alpha value is -2.35. The average molecular weight is 294 g/mol. The third-order valence-corrected chi connectivity index (χ3v) is 3.14. The molecule has 0 saturated carbocycles. The Balaban J connectivity index is 1.86. The van der Waals surface area contributed by atoms with Crippen LogP contribution in [0.2, 0.25) is 0 Å². The van der Waals surface area contributed by atoms with Crippen LogP contribution in [0, 0.1) is 0 Å². The summed E-state index contributed by atoms with van der Waals surface area (Å²) in [7, 11) is 0. The molecule has 114 valence electrons. The van der Waals surface area contributed by atoms with E-state index >= 15 is 0 Å². The molecule has 0 bridgehead atoms. The summed E-state index contributed by atoms with van der Waals surface area (Å²) in [5, 5.41) is 11.8. The van der Waals surface area contributed by atoms with E-state index in [0.717, 1.165) is 0 Å². The fourth-order valence-electron chi connectivity index (χ4n) is 1.99. The lowest BCUT2D eigenvalue weighted by molar-refractivity contribution is -0.134. The summed E-state index contributed by atoms with van der Waals surface area (Å²) >= 11 is 0. The molecule has 2 heterocycles. The molecule has 0 spiro atoms. The number of pyridine rings is 1. The first-order chi connectivity index (χ1) is 10.1. The zero-order chi connectivity index (χ0) is 15.2. The minimum absolute atomic E-state index is 0.0266. The van der Waals surface area contributed by atoms with Crippen molar-refractivity contribution in [2.24, 2.45) is 0 Å². The number of anilines is 2. The molecule has 21 heavy (non-hydrogen) atoms. The number of hydrogen-bond acceptors (Lipinski definition) is 6.